The van der Waals surface area contributed by atoms with Crippen molar-refractivity contribution in [1.82, 2.24) is 15.5 Å². The number of nitrogens with zero attached hydrogens (tertiary/aromatic N) is 1. The van der Waals surface area contributed by atoms with Crippen LogP contribution in [0.15, 0.2) is 24.3 Å². The van der Waals surface area contributed by atoms with Gasteiger partial charge in [0, 0.05) is 25.3 Å². The van der Waals surface area contributed by atoms with Crippen molar-refractivity contribution in [1.29, 1.82) is 0 Å². The second kappa shape index (κ2) is 12.3. The Morgan fingerprint density at radius 2 is 1.82 bits per heavy atom. The van der Waals surface area contributed by atoms with Gasteiger partial charge in [-0.3, -0.25) is 9.69 Å². The van der Waals surface area contributed by atoms with Crippen molar-refractivity contribution in [3.63, 3.8) is 0 Å². The van der Waals surface area contributed by atoms with Gasteiger partial charge in [0.1, 0.15) is 6.10 Å². The number of alkyl halides is 3. The molecule has 4 N–H and O–H groups in total. The van der Waals surface area contributed by atoms with Gasteiger partial charge in [-0.05, 0) is 43.5 Å². The number of carbonyl (C=O) groups is 2. The average Bonchev–Trinajstić information content (AvgIpc) is 2.80. The zero-order chi connectivity index (χ0) is 24.6. The zero-order valence-electron chi connectivity index (χ0n) is 18.8. The van der Waals surface area contributed by atoms with Crippen LogP contribution in [0.2, 0.25) is 0 Å². The summed E-state index contributed by atoms with van der Waals surface area (Å²) in [5.74, 6) is -0.0594. The Morgan fingerprint density at radius 3 is 2.47 bits per heavy atom. The Labute approximate surface area is 196 Å². The quantitative estimate of drug-likeness (QED) is 0.442. The van der Waals surface area contributed by atoms with E-state index in [4.69, 9.17) is 9.47 Å². The maximum Gasteiger partial charge on any atom is 0.416 e. The van der Waals surface area contributed by atoms with Crippen molar-refractivity contribution in [3.05, 3.63) is 29.8 Å². The molecule has 2 fully saturated rings. The highest BCUT2D eigenvalue weighted by atomic mass is 19.4. The van der Waals surface area contributed by atoms with E-state index in [1.54, 1.807) is 0 Å². The summed E-state index contributed by atoms with van der Waals surface area (Å²) in [6.07, 6.45) is -3.48. The van der Waals surface area contributed by atoms with Gasteiger partial charge in [-0.1, -0.05) is 0 Å². The Bertz CT molecular complexity index is 803. The standard InChI is InChI=1S/C22H31F3N4O5/c23-22(24,25)15-1-3-16(4-2-15)27-21(32)28-18-6-5-17(34-19(18)14-30)7-8-26-20(31)13-29-9-11-33-12-10-29/h1-4,17-19,30H,5-14H2,(H,26,31)(H2,27,28,32)/t17-,18-,19-/m0/s1. The van der Waals surface area contributed by atoms with Gasteiger partial charge >= 0.3 is 12.2 Å². The smallest absolute Gasteiger partial charge is 0.394 e. The number of morpholine rings is 1. The monoisotopic (exact) mass is 488 g/mol. The molecule has 2 aliphatic heterocycles. The highest BCUT2D eigenvalue weighted by molar-refractivity contribution is 5.89. The number of hydrogen-bond donors (Lipinski definition) is 4. The van der Waals surface area contributed by atoms with Gasteiger partial charge in [-0.15, -0.1) is 0 Å². The number of amides is 3. The molecule has 12 heteroatoms. The van der Waals surface area contributed by atoms with E-state index in [2.05, 4.69) is 16.0 Å². The lowest BCUT2D eigenvalue weighted by molar-refractivity contribution is -0.137. The number of anilines is 1. The molecule has 2 heterocycles. The predicted octanol–water partition coefficient (Wildman–Crippen LogP) is 1.57. The molecular formula is C22H31F3N4O5. The fourth-order valence-electron chi connectivity index (χ4n) is 3.98. The number of carbonyl (C=O) groups excluding carboxylic acids is 2. The van der Waals surface area contributed by atoms with Crippen LogP contribution >= 0.6 is 0 Å². The normalized spacial score (nSPS) is 23.8. The third-order valence-corrected chi connectivity index (χ3v) is 5.84. The number of aliphatic hydroxyl groups is 1. The number of aliphatic hydroxyl groups excluding tert-OH is 1. The molecule has 0 radical (unpaired) electrons. The lowest BCUT2D eigenvalue weighted by Crippen LogP contribution is -2.52. The molecule has 0 bridgehead atoms. The molecule has 2 saturated heterocycles. The lowest BCUT2D eigenvalue weighted by Gasteiger charge is -2.36. The zero-order valence-corrected chi connectivity index (χ0v) is 18.8. The molecule has 1 aromatic carbocycles. The number of benzene rings is 1. The topological polar surface area (TPSA) is 112 Å². The highest BCUT2D eigenvalue weighted by Gasteiger charge is 2.32. The van der Waals surface area contributed by atoms with Crippen LogP contribution in [0, 0.1) is 0 Å². The van der Waals surface area contributed by atoms with E-state index >= 15 is 0 Å². The Kier molecular flexibility index (Phi) is 9.51. The Balaban J connectivity index is 1.38. The molecule has 0 unspecified atom stereocenters. The number of ether oxygens (including phenoxy) is 2. The van der Waals surface area contributed by atoms with Crippen molar-refractivity contribution in [2.24, 2.45) is 0 Å². The SMILES string of the molecule is O=C(CN1CCOCC1)NCC[C@@H]1CC[C@H](NC(=O)Nc2ccc(C(F)(F)F)cc2)[C@H](CO)O1. The molecule has 0 spiro atoms. The molecule has 3 rings (SSSR count). The fourth-order valence-corrected chi connectivity index (χ4v) is 3.98. The van der Waals surface area contributed by atoms with Crippen molar-refractivity contribution < 1.29 is 37.3 Å². The van der Waals surface area contributed by atoms with Crippen LogP contribution in [0.5, 0.6) is 0 Å². The van der Waals surface area contributed by atoms with E-state index in [1.165, 1.54) is 12.1 Å². The molecule has 3 atom stereocenters. The summed E-state index contributed by atoms with van der Waals surface area (Å²) in [6.45, 7) is 3.20. The van der Waals surface area contributed by atoms with Crippen LogP contribution in [-0.2, 0) is 20.4 Å². The van der Waals surface area contributed by atoms with Gasteiger partial charge < -0.3 is 30.5 Å². The predicted molar refractivity (Wildman–Crippen MR) is 117 cm³/mol. The summed E-state index contributed by atoms with van der Waals surface area (Å²) in [6, 6.07) is 3.08. The van der Waals surface area contributed by atoms with Crippen molar-refractivity contribution in [2.75, 3.05) is 51.3 Å². The Morgan fingerprint density at radius 1 is 1.12 bits per heavy atom. The molecule has 190 valence electrons. The maximum atomic E-state index is 12.7. The number of hydrogen-bond acceptors (Lipinski definition) is 6. The third kappa shape index (κ3) is 8.12. The first kappa shape index (κ1) is 26.2. The van der Waals surface area contributed by atoms with Gasteiger partial charge in [-0.25, -0.2) is 4.79 Å². The second-order valence-electron chi connectivity index (χ2n) is 8.36. The summed E-state index contributed by atoms with van der Waals surface area (Å²) in [5.41, 5.74) is -0.587. The molecule has 34 heavy (non-hydrogen) atoms. The first-order valence-corrected chi connectivity index (χ1v) is 11.3. The molecule has 9 nitrogen and oxygen atoms in total. The molecule has 0 aromatic heterocycles. The maximum absolute atomic E-state index is 12.7. The summed E-state index contributed by atoms with van der Waals surface area (Å²) >= 11 is 0. The molecular weight excluding hydrogens is 457 g/mol. The second-order valence-corrected chi connectivity index (χ2v) is 8.36. The number of rotatable bonds is 8. The molecule has 0 aliphatic carbocycles. The molecule has 1 aromatic rings. The molecule has 2 aliphatic rings. The van der Waals surface area contributed by atoms with Crippen molar-refractivity contribution >= 4 is 17.6 Å². The van der Waals surface area contributed by atoms with Gasteiger partial charge in [0.2, 0.25) is 5.91 Å². The van der Waals surface area contributed by atoms with Crippen LogP contribution < -0.4 is 16.0 Å². The summed E-state index contributed by atoms with van der Waals surface area (Å²) in [4.78, 5) is 26.4. The van der Waals surface area contributed by atoms with Gasteiger partial charge in [-0.2, -0.15) is 13.2 Å². The van der Waals surface area contributed by atoms with E-state index in [9.17, 15) is 27.9 Å². The first-order chi connectivity index (χ1) is 16.2. The van der Waals surface area contributed by atoms with Crippen LogP contribution in [0.3, 0.4) is 0 Å². The third-order valence-electron chi connectivity index (χ3n) is 5.84. The number of halogens is 3. The summed E-state index contributed by atoms with van der Waals surface area (Å²) in [7, 11) is 0. The summed E-state index contributed by atoms with van der Waals surface area (Å²) in [5, 5.41) is 17.8. The minimum atomic E-state index is -4.45. The largest absolute Gasteiger partial charge is 0.416 e. The molecule has 3 amide bonds. The van der Waals surface area contributed by atoms with E-state index in [0.717, 1.165) is 25.2 Å². The van der Waals surface area contributed by atoms with E-state index in [-0.39, 0.29) is 24.3 Å². The summed E-state index contributed by atoms with van der Waals surface area (Å²) < 4.78 is 49.1. The van der Waals surface area contributed by atoms with Crippen LogP contribution in [0.1, 0.15) is 24.8 Å². The fraction of sp³-hybridized carbons (Fsp3) is 0.636. The van der Waals surface area contributed by atoms with E-state index in [1.807, 2.05) is 4.90 Å². The lowest BCUT2D eigenvalue weighted by atomic mass is 9.97. The number of nitrogens with one attached hydrogen (secondary N) is 3. The van der Waals surface area contributed by atoms with Gasteiger partial charge in [0.15, 0.2) is 0 Å². The average molecular weight is 489 g/mol. The van der Waals surface area contributed by atoms with Gasteiger partial charge in [0.05, 0.1) is 44.1 Å². The van der Waals surface area contributed by atoms with Gasteiger partial charge in [0.25, 0.3) is 0 Å². The van der Waals surface area contributed by atoms with Crippen LogP contribution in [0.25, 0.3) is 0 Å². The molecule has 0 saturated carbocycles. The van der Waals surface area contributed by atoms with Crippen molar-refractivity contribution in [3.8, 4) is 0 Å². The minimum Gasteiger partial charge on any atom is -0.394 e. The first-order valence-electron chi connectivity index (χ1n) is 11.3. The minimum absolute atomic E-state index is 0.0594. The van der Waals surface area contributed by atoms with Crippen LogP contribution in [-0.4, -0.2) is 86.2 Å². The van der Waals surface area contributed by atoms with Crippen LogP contribution in [0.4, 0.5) is 23.7 Å². The Hall–Kier alpha value is -2.41. The highest BCUT2D eigenvalue weighted by Crippen LogP contribution is 2.29. The number of urea groups is 1. The van der Waals surface area contributed by atoms with Crippen molar-refractivity contribution in [2.45, 2.75) is 43.7 Å². The van der Waals surface area contributed by atoms with E-state index < -0.39 is 29.9 Å². The van der Waals surface area contributed by atoms with E-state index in [0.29, 0.717) is 45.6 Å².